The van der Waals surface area contributed by atoms with Crippen LogP contribution in [0.25, 0.3) is 0 Å². The van der Waals surface area contributed by atoms with Gasteiger partial charge in [0.2, 0.25) is 5.91 Å². The average molecular weight is 747 g/mol. The Bertz CT molecular complexity index is 1970. The SMILES string of the molecule is C=CC1O[C@@H](O[C@H]2C[C@](O)(/C(C)=N/NC(=O)CCCCCN3C(=O)C=CC3=O)Cc3c(O)c4c(c(O)c32)C(=O)c2c(CO)cccc2C4=O)CC(N)[C@H]1O. The van der Waals surface area contributed by atoms with Crippen molar-refractivity contribution in [2.75, 3.05) is 6.54 Å². The lowest BCUT2D eigenvalue weighted by Crippen LogP contribution is -2.53. The number of unbranched alkanes of at least 4 members (excludes halogenated alkanes) is 2. The number of imide groups is 1. The van der Waals surface area contributed by atoms with E-state index in [2.05, 4.69) is 17.1 Å². The Kier molecular flexibility index (Phi) is 11.0. The number of aliphatic hydroxyl groups excluding tert-OH is 2. The molecule has 1 fully saturated rings. The topological polar surface area (TPSA) is 259 Å². The fourth-order valence-electron chi connectivity index (χ4n) is 7.45. The molecule has 0 spiro atoms. The van der Waals surface area contributed by atoms with Crippen LogP contribution in [0.1, 0.15) is 100 Å². The number of aromatic hydroxyl groups is 2. The van der Waals surface area contributed by atoms with Crippen LogP contribution in [0, 0.1) is 0 Å². The lowest BCUT2D eigenvalue weighted by molar-refractivity contribution is -0.239. The Balaban J connectivity index is 1.28. The monoisotopic (exact) mass is 746 g/mol. The summed E-state index contributed by atoms with van der Waals surface area (Å²) in [4.78, 5) is 65.0. The van der Waals surface area contributed by atoms with Crippen molar-refractivity contribution in [3.05, 3.63) is 82.0 Å². The second-order valence-electron chi connectivity index (χ2n) is 13.9. The molecule has 2 aliphatic heterocycles. The van der Waals surface area contributed by atoms with Gasteiger partial charge in [0.1, 0.15) is 23.2 Å². The molecule has 0 bridgehead atoms. The standard InChI is InChI=1S/C38H42N4O12/c1-3-23-35(49)22(39)14-28(53-23)54-24-16-38(52,18(2)40-41-25(44)10-5-4-6-13-42-26(45)11-12-27(42)46)15-21-30(24)37(51)32-31(34(21)48)33(47)20-9-7-8-19(17-43)29(20)36(32)50/h3,7-9,11-12,22-24,28,35,43,48-49,51-52H,1,4-6,10,13-17,39H2,2H3,(H,41,44)/b40-18+/t22?,23?,24-,28-,35+,38-/m0/s1. The minimum Gasteiger partial charge on any atom is -0.507 e. The van der Waals surface area contributed by atoms with Gasteiger partial charge in [-0.05, 0) is 25.3 Å². The molecule has 3 amide bonds. The molecule has 2 heterocycles. The number of benzene rings is 2. The van der Waals surface area contributed by atoms with E-state index in [0.29, 0.717) is 19.3 Å². The van der Waals surface area contributed by atoms with Gasteiger partial charge in [-0.25, -0.2) is 5.43 Å². The summed E-state index contributed by atoms with van der Waals surface area (Å²) in [7, 11) is 0. The molecule has 0 aromatic heterocycles. The molecule has 286 valence electrons. The minimum atomic E-state index is -1.95. The molecule has 6 rings (SSSR count). The summed E-state index contributed by atoms with van der Waals surface area (Å²) in [5.41, 5.74) is 5.38. The summed E-state index contributed by atoms with van der Waals surface area (Å²) < 4.78 is 12.2. The Hall–Kier alpha value is -5.10. The van der Waals surface area contributed by atoms with Crippen molar-refractivity contribution in [2.45, 2.75) is 94.7 Å². The average Bonchev–Trinajstić information content (AvgIpc) is 3.47. The highest BCUT2D eigenvalue weighted by Gasteiger charge is 2.49. The lowest BCUT2D eigenvalue weighted by Gasteiger charge is -2.42. The normalized spacial score (nSPS) is 26.4. The molecule has 2 aromatic carbocycles. The Morgan fingerprint density at radius 1 is 1.09 bits per heavy atom. The van der Waals surface area contributed by atoms with Gasteiger partial charge in [-0.1, -0.05) is 30.7 Å². The lowest BCUT2D eigenvalue weighted by atomic mass is 9.71. The molecule has 16 heteroatoms. The molecule has 4 aliphatic rings. The molecule has 2 unspecified atom stereocenters. The maximum atomic E-state index is 13.9. The van der Waals surface area contributed by atoms with E-state index in [4.69, 9.17) is 15.2 Å². The number of aliphatic hydroxyl groups is 3. The van der Waals surface area contributed by atoms with E-state index in [9.17, 15) is 49.5 Å². The van der Waals surface area contributed by atoms with Crippen LogP contribution in [0.4, 0.5) is 0 Å². The smallest absolute Gasteiger partial charge is 0.253 e. The molecule has 2 aliphatic carbocycles. The van der Waals surface area contributed by atoms with Crippen LogP contribution in [0.15, 0.2) is 48.1 Å². The highest BCUT2D eigenvalue weighted by molar-refractivity contribution is 6.31. The molecule has 2 aromatic rings. The number of hydrogen-bond donors (Lipinski definition) is 7. The maximum absolute atomic E-state index is 13.9. The van der Waals surface area contributed by atoms with Crippen molar-refractivity contribution >= 4 is 35.0 Å². The third-order valence-corrected chi connectivity index (χ3v) is 10.5. The number of nitrogens with zero attached hydrogens (tertiary/aromatic N) is 2. The van der Waals surface area contributed by atoms with E-state index in [1.165, 1.54) is 43.4 Å². The van der Waals surface area contributed by atoms with Crippen molar-refractivity contribution in [1.82, 2.24) is 10.3 Å². The highest BCUT2D eigenvalue weighted by Crippen LogP contribution is 2.52. The van der Waals surface area contributed by atoms with Gasteiger partial charge in [0.15, 0.2) is 17.9 Å². The number of fused-ring (bicyclic) bond motifs is 3. The molecule has 6 atom stereocenters. The van der Waals surface area contributed by atoms with Crippen LogP contribution in [0.3, 0.4) is 0 Å². The van der Waals surface area contributed by atoms with E-state index in [-0.39, 0.29) is 71.2 Å². The minimum absolute atomic E-state index is 0.00809. The fraction of sp³-hybridized carbons (Fsp3) is 0.421. The van der Waals surface area contributed by atoms with Gasteiger partial charge < -0.3 is 40.7 Å². The van der Waals surface area contributed by atoms with Crippen molar-refractivity contribution in [3.63, 3.8) is 0 Å². The number of ketones is 2. The zero-order valence-electron chi connectivity index (χ0n) is 29.5. The van der Waals surface area contributed by atoms with Crippen molar-refractivity contribution in [3.8, 4) is 11.5 Å². The molecular formula is C38H42N4O12. The van der Waals surface area contributed by atoms with Gasteiger partial charge in [0.25, 0.3) is 11.8 Å². The predicted molar refractivity (Wildman–Crippen MR) is 189 cm³/mol. The number of rotatable bonds is 12. The Morgan fingerprint density at radius 2 is 1.80 bits per heavy atom. The first kappa shape index (κ1) is 38.6. The Labute approximate surface area is 309 Å². The number of carbonyl (C=O) groups excluding carboxylic acids is 5. The second kappa shape index (κ2) is 15.3. The number of hydrazone groups is 1. The molecule has 0 saturated carbocycles. The number of ether oxygens (including phenoxy) is 2. The first-order valence-electron chi connectivity index (χ1n) is 17.6. The Morgan fingerprint density at radius 3 is 2.48 bits per heavy atom. The van der Waals surface area contributed by atoms with Gasteiger partial charge >= 0.3 is 0 Å². The maximum Gasteiger partial charge on any atom is 0.253 e. The van der Waals surface area contributed by atoms with E-state index in [1.807, 2.05) is 0 Å². The third kappa shape index (κ3) is 6.99. The molecule has 0 radical (unpaired) electrons. The second-order valence-corrected chi connectivity index (χ2v) is 13.9. The van der Waals surface area contributed by atoms with E-state index in [0.717, 1.165) is 4.90 Å². The summed E-state index contributed by atoms with van der Waals surface area (Å²) >= 11 is 0. The highest BCUT2D eigenvalue weighted by atomic mass is 16.7. The zero-order valence-corrected chi connectivity index (χ0v) is 29.5. The van der Waals surface area contributed by atoms with Crippen LogP contribution in [-0.2, 0) is 36.9 Å². The van der Waals surface area contributed by atoms with Crippen molar-refractivity contribution in [2.24, 2.45) is 10.8 Å². The van der Waals surface area contributed by atoms with Crippen LogP contribution in [-0.4, -0.2) is 102 Å². The van der Waals surface area contributed by atoms with Crippen LogP contribution >= 0.6 is 0 Å². The number of amides is 3. The van der Waals surface area contributed by atoms with E-state index >= 15 is 0 Å². The quantitative estimate of drug-likeness (QED) is 0.0342. The number of hydrogen-bond acceptors (Lipinski definition) is 14. The summed E-state index contributed by atoms with van der Waals surface area (Å²) in [6.07, 6.45) is 0.0164. The largest absolute Gasteiger partial charge is 0.507 e. The molecular weight excluding hydrogens is 704 g/mol. The summed E-state index contributed by atoms with van der Waals surface area (Å²) in [5, 5.41) is 60.2. The van der Waals surface area contributed by atoms with Crippen LogP contribution in [0.2, 0.25) is 0 Å². The summed E-state index contributed by atoms with van der Waals surface area (Å²) in [6.45, 7) is 4.76. The summed E-state index contributed by atoms with van der Waals surface area (Å²) in [6, 6.07) is 3.50. The molecule has 1 saturated heterocycles. The van der Waals surface area contributed by atoms with Crippen molar-refractivity contribution < 1.29 is 59.0 Å². The zero-order chi connectivity index (χ0) is 39.1. The third-order valence-electron chi connectivity index (χ3n) is 10.5. The predicted octanol–water partition coefficient (Wildman–Crippen LogP) is 1.07. The number of phenolic OH excluding ortho intramolecular Hbond substituents is 2. The molecule has 54 heavy (non-hydrogen) atoms. The van der Waals surface area contributed by atoms with Gasteiger partial charge in [0.05, 0.1) is 35.7 Å². The first-order valence-corrected chi connectivity index (χ1v) is 17.6. The number of phenols is 2. The number of nitrogens with two attached hydrogens (primary N) is 1. The van der Waals surface area contributed by atoms with Gasteiger partial charge in [-0.2, -0.15) is 5.10 Å². The summed E-state index contributed by atoms with van der Waals surface area (Å²) in [5.74, 6) is -4.16. The number of nitrogens with one attached hydrogen (secondary N) is 1. The van der Waals surface area contributed by atoms with Crippen LogP contribution in [0.5, 0.6) is 11.5 Å². The first-order chi connectivity index (χ1) is 25.7. The van der Waals surface area contributed by atoms with Crippen molar-refractivity contribution in [1.29, 1.82) is 0 Å². The van der Waals surface area contributed by atoms with E-state index < -0.39 is 89.4 Å². The number of carbonyl (C=O) groups is 5. The van der Waals surface area contributed by atoms with E-state index in [1.54, 1.807) is 0 Å². The molecule has 16 nitrogen and oxygen atoms in total. The van der Waals surface area contributed by atoms with Gasteiger partial charge in [0, 0.05) is 72.7 Å². The van der Waals surface area contributed by atoms with Gasteiger partial charge in [-0.15, -0.1) is 6.58 Å². The fourth-order valence-corrected chi connectivity index (χ4v) is 7.45. The molecule has 8 N–H and O–H groups in total. The van der Waals surface area contributed by atoms with Gasteiger partial charge in [-0.3, -0.25) is 28.9 Å². The van der Waals surface area contributed by atoms with Crippen LogP contribution < -0.4 is 11.2 Å².